The number of hydrogen-bond acceptors (Lipinski definition) is 6. The van der Waals surface area contributed by atoms with Crippen LogP contribution in [0.3, 0.4) is 0 Å². The molecule has 1 amide bonds. The molecule has 8 nitrogen and oxygen atoms in total. The first kappa shape index (κ1) is 21.4. The number of amides is 1. The fraction of sp³-hybridized carbons (Fsp3) is 0.0870. The Labute approximate surface area is 184 Å². The molecule has 1 aliphatic rings. The summed E-state index contributed by atoms with van der Waals surface area (Å²) in [4.78, 5) is 24.5. The Morgan fingerprint density at radius 2 is 1.81 bits per heavy atom. The first-order valence-corrected chi connectivity index (χ1v) is 11.1. The lowest BCUT2D eigenvalue weighted by Gasteiger charge is -2.11. The van der Waals surface area contributed by atoms with Gasteiger partial charge >= 0.3 is 0 Å². The summed E-state index contributed by atoms with van der Waals surface area (Å²) in [5, 5.41) is 10.6. The Hall–Kier alpha value is -3.82. The monoisotopic (exact) mass is 449 g/mol. The van der Waals surface area contributed by atoms with Gasteiger partial charge in [-0.2, -0.15) is 10.1 Å². The largest absolute Gasteiger partial charge is 0.457 e. The quantitative estimate of drug-likeness (QED) is 0.471. The number of furan rings is 1. The van der Waals surface area contributed by atoms with Crippen LogP contribution < -0.4 is 10.1 Å². The Balaban J connectivity index is 1.60. The van der Waals surface area contributed by atoms with E-state index in [2.05, 4.69) is 5.10 Å². The predicted molar refractivity (Wildman–Crippen MR) is 121 cm³/mol. The van der Waals surface area contributed by atoms with Crippen molar-refractivity contribution in [3.8, 4) is 11.3 Å². The second kappa shape index (κ2) is 8.03. The minimum absolute atomic E-state index is 0.0404. The van der Waals surface area contributed by atoms with Gasteiger partial charge in [0.15, 0.2) is 5.78 Å². The number of anilines is 1. The molecule has 9 heteroatoms. The lowest BCUT2D eigenvalue weighted by molar-refractivity contribution is -0.114. The highest BCUT2D eigenvalue weighted by Crippen LogP contribution is 2.28. The maximum absolute atomic E-state index is 12.9. The van der Waals surface area contributed by atoms with E-state index in [-0.39, 0.29) is 16.6 Å². The number of nitrogens with two attached hydrogens (primary N) is 1. The van der Waals surface area contributed by atoms with Crippen molar-refractivity contribution < 1.29 is 22.4 Å². The van der Waals surface area contributed by atoms with E-state index in [1.807, 2.05) is 6.07 Å². The number of rotatable bonds is 5. The van der Waals surface area contributed by atoms with Crippen LogP contribution in [-0.2, 0) is 14.8 Å². The van der Waals surface area contributed by atoms with E-state index in [0.717, 1.165) is 5.56 Å². The summed E-state index contributed by atoms with van der Waals surface area (Å²) < 4.78 is 28.7. The van der Waals surface area contributed by atoms with Crippen molar-refractivity contribution in [1.82, 2.24) is 0 Å². The normalized spacial score (nSPS) is 15.3. The number of nitrogens with zero attached hydrogens (tertiary/aromatic N) is 2. The topological polar surface area (TPSA) is 123 Å². The van der Waals surface area contributed by atoms with Gasteiger partial charge in [0.05, 0.1) is 21.9 Å². The van der Waals surface area contributed by atoms with Gasteiger partial charge in [0.2, 0.25) is 10.0 Å². The zero-order chi connectivity index (χ0) is 23.0. The molecule has 0 bridgehead atoms. The number of hydrogen-bond donors (Lipinski definition) is 1. The molecule has 0 atom stereocenters. The van der Waals surface area contributed by atoms with Crippen LogP contribution in [0, 0.1) is 0 Å². The van der Waals surface area contributed by atoms with Crippen molar-refractivity contribution >= 4 is 39.2 Å². The molecule has 0 saturated heterocycles. The molecule has 2 aromatic carbocycles. The molecule has 0 saturated carbocycles. The van der Waals surface area contributed by atoms with Crippen molar-refractivity contribution in [3.63, 3.8) is 0 Å². The van der Waals surface area contributed by atoms with Gasteiger partial charge < -0.3 is 4.42 Å². The molecule has 0 aliphatic carbocycles. The first-order valence-electron chi connectivity index (χ1n) is 9.59. The average Bonchev–Trinajstić information content (AvgIpc) is 3.34. The van der Waals surface area contributed by atoms with Crippen molar-refractivity contribution in [2.75, 3.05) is 5.01 Å². The van der Waals surface area contributed by atoms with E-state index in [1.165, 1.54) is 36.2 Å². The number of ketones is 1. The Bertz CT molecular complexity index is 1400. The molecular formula is C23H19N3O5S. The number of carbonyl (C=O) groups is 2. The minimum Gasteiger partial charge on any atom is -0.457 e. The average molecular weight is 449 g/mol. The minimum atomic E-state index is -3.83. The zero-order valence-corrected chi connectivity index (χ0v) is 18.1. The lowest BCUT2D eigenvalue weighted by atomic mass is 10.1. The van der Waals surface area contributed by atoms with Crippen LogP contribution in [-0.4, -0.2) is 25.8 Å². The standard InChI is InChI=1S/C23H19N3O5S/c1-14-21(23(28)26(25-14)18-6-9-20(10-7-18)32(24,29)30)13-19-8-11-22(31-19)17-5-3-4-16(12-17)15(2)27/h3-13H,1-2H3,(H2,24,29,30). The second-order valence-electron chi connectivity index (χ2n) is 7.24. The summed E-state index contributed by atoms with van der Waals surface area (Å²) in [7, 11) is -3.83. The summed E-state index contributed by atoms with van der Waals surface area (Å²) in [6.45, 7) is 3.20. The van der Waals surface area contributed by atoms with Crippen molar-refractivity contribution in [1.29, 1.82) is 0 Å². The molecule has 4 rings (SSSR count). The van der Waals surface area contributed by atoms with Gasteiger partial charge in [-0.15, -0.1) is 0 Å². The lowest BCUT2D eigenvalue weighted by Crippen LogP contribution is -2.21. The number of primary sulfonamides is 1. The second-order valence-corrected chi connectivity index (χ2v) is 8.80. The smallest absolute Gasteiger partial charge is 0.280 e. The van der Waals surface area contributed by atoms with Crippen molar-refractivity contribution in [2.24, 2.45) is 10.2 Å². The maximum atomic E-state index is 12.9. The molecule has 1 aliphatic heterocycles. The van der Waals surface area contributed by atoms with Gasteiger partial charge in [-0.1, -0.05) is 18.2 Å². The Morgan fingerprint density at radius 1 is 1.09 bits per heavy atom. The van der Waals surface area contributed by atoms with Crippen LogP contribution in [0.4, 0.5) is 5.69 Å². The van der Waals surface area contributed by atoms with E-state index in [1.54, 1.807) is 43.3 Å². The van der Waals surface area contributed by atoms with Crippen LogP contribution in [0.5, 0.6) is 0 Å². The van der Waals surface area contributed by atoms with Crippen molar-refractivity contribution in [2.45, 2.75) is 18.7 Å². The number of carbonyl (C=O) groups excluding carboxylic acids is 2. The zero-order valence-electron chi connectivity index (χ0n) is 17.3. The molecule has 2 N–H and O–H groups in total. The summed E-state index contributed by atoms with van der Waals surface area (Å²) in [5.74, 6) is 0.608. The number of Topliss-reactive ketones (excluding diaryl/α,β-unsaturated/α-hetero) is 1. The van der Waals surface area contributed by atoms with Gasteiger partial charge in [-0.25, -0.2) is 13.6 Å². The van der Waals surface area contributed by atoms with Gasteiger partial charge in [0, 0.05) is 11.1 Å². The molecule has 0 spiro atoms. The molecule has 1 aromatic heterocycles. The van der Waals surface area contributed by atoms with E-state index in [0.29, 0.717) is 34.1 Å². The fourth-order valence-corrected chi connectivity index (χ4v) is 3.77. The Kier molecular flexibility index (Phi) is 5.37. The van der Waals surface area contributed by atoms with Gasteiger partial charge in [-0.05, 0) is 62.4 Å². The predicted octanol–water partition coefficient (Wildman–Crippen LogP) is 3.60. The highest BCUT2D eigenvalue weighted by molar-refractivity contribution is 7.89. The van der Waals surface area contributed by atoms with Gasteiger partial charge in [-0.3, -0.25) is 9.59 Å². The summed E-state index contributed by atoms with van der Waals surface area (Å²) in [6.07, 6.45) is 1.60. The van der Waals surface area contributed by atoms with E-state index in [4.69, 9.17) is 9.56 Å². The first-order chi connectivity index (χ1) is 15.1. The molecule has 0 radical (unpaired) electrons. The van der Waals surface area contributed by atoms with Crippen LogP contribution in [0.25, 0.3) is 17.4 Å². The third kappa shape index (κ3) is 4.16. The van der Waals surface area contributed by atoms with Gasteiger partial charge in [0.1, 0.15) is 11.5 Å². The third-order valence-corrected chi connectivity index (χ3v) is 5.87. The summed E-state index contributed by atoms with van der Waals surface area (Å²) in [6, 6.07) is 16.2. The highest BCUT2D eigenvalue weighted by Gasteiger charge is 2.29. The van der Waals surface area contributed by atoms with Crippen LogP contribution in [0.1, 0.15) is 30.0 Å². The molecule has 32 heavy (non-hydrogen) atoms. The third-order valence-electron chi connectivity index (χ3n) is 4.94. The van der Waals surface area contributed by atoms with E-state index in [9.17, 15) is 18.0 Å². The van der Waals surface area contributed by atoms with Gasteiger partial charge in [0.25, 0.3) is 5.91 Å². The van der Waals surface area contributed by atoms with Crippen LogP contribution in [0.2, 0.25) is 0 Å². The highest BCUT2D eigenvalue weighted by atomic mass is 32.2. The summed E-state index contributed by atoms with van der Waals surface area (Å²) >= 11 is 0. The van der Waals surface area contributed by atoms with Crippen LogP contribution in [0.15, 0.2) is 80.7 Å². The van der Waals surface area contributed by atoms with E-state index < -0.39 is 10.0 Å². The summed E-state index contributed by atoms with van der Waals surface area (Å²) in [5.41, 5.74) is 2.58. The number of benzene rings is 2. The molecule has 162 valence electrons. The van der Waals surface area contributed by atoms with Crippen LogP contribution >= 0.6 is 0 Å². The molecule has 3 aromatic rings. The number of hydrazone groups is 1. The molecule has 2 heterocycles. The SMILES string of the molecule is CC(=O)c1cccc(-c2ccc(C=C3C(=O)N(c4ccc(S(N)(=O)=O)cc4)N=C3C)o2)c1. The van der Waals surface area contributed by atoms with E-state index >= 15 is 0 Å². The Morgan fingerprint density at radius 3 is 2.47 bits per heavy atom. The fourth-order valence-electron chi connectivity index (χ4n) is 3.26. The molecular weight excluding hydrogens is 430 g/mol. The number of sulfonamides is 1. The molecule has 0 unspecified atom stereocenters. The van der Waals surface area contributed by atoms with Crippen molar-refractivity contribution in [3.05, 3.63) is 77.6 Å². The maximum Gasteiger partial charge on any atom is 0.280 e. The molecule has 0 fully saturated rings.